The van der Waals surface area contributed by atoms with Gasteiger partial charge in [0.2, 0.25) is 0 Å². The van der Waals surface area contributed by atoms with Gasteiger partial charge in [-0.15, -0.1) is 0 Å². The van der Waals surface area contributed by atoms with Crippen molar-refractivity contribution >= 4 is 50.7 Å². The fourth-order valence-corrected chi connectivity index (χ4v) is 2.02. The predicted molar refractivity (Wildman–Crippen MR) is 66.2 cm³/mol. The Labute approximate surface area is 111 Å². The van der Waals surface area contributed by atoms with Gasteiger partial charge in [-0.25, -0.2) is 0 Å². The van der Waals surface area contributed by atoms with Crippen molar-refractivity contribution in [3.63, 3.8) is 0 Å². The van der Waals surface area contributed by atoms with Crippen molar-refractivity contribution < 1.29 is 10.2 Å². The first-order valence-electron chi connectivity index (χ1n) is 4.04. The van der Waals surface area contributed by atoms with Gasteiger partial charge in [0.1, 0.15) is 6.10 Å². The zero-order valence-electron chi connectivity index (χ0n) is 7.42. The van der Waals surface area contributed by atoms with E-state index in [4.69, 9.17) is 34.8 Å². The minimum Gasteiger partial charge on any atom is -0.389 e. The molecule has 2 N–H and O–H groups in total. The number of hydrogen-bond donors (Lipinski definition) is 2. The SMILES string of the molecule is OC(CBr)C(O)c1cc(Cl)c(Cl)c(Cl)c1. The number of benzene rings is 1. The minimum absolute atomic E-state index is 0.239. The highest BCUT2D eigenvalue weighted by molar-refractivity contribution is 9.09. The average Bonchev–Trinajstić information content (AvgIpc) is 2.23. The van der Waals surface area contributed by atoms with Gasteiger partial charge in [0, 0.05) is 5.33 Å². The van der Waals surface area contributed by atoms with Gasteiger partial charge in [0.15, 0.2) is 0 Å². The molecule has 0 spiro atoms. The van der Waals surface area contributed by atoms with E-state index in [1.165, 1.54) is 12.1 Å². The van der Waals surface area contributed by atoms with E-state index in [-0.39, 0.29) is 20.4 Å². The van der Waals surface area contributed by atoms with Crippen LogP contribution in [0.1, 0.15) is 11.7 Å². The summed E-state index contributed by atoms with van der Waals surface area (Å²) in [5.74, 6) is 0. The third kappa shape index (κ3) is 3.22. The molecule has 0 saturated heterocycles. The third-order valence-corrected chi connectivity index (χ3v) is 3.73. The van der Waals surface area contributed by atoms with Gasteiger partial charge in [-0.2, -0.15) is 0 Å². The zero-order chi connectivity index (χ0) is 11.6. The van der Waals surface area contributed by atoms with E-state index in [2.05, 4.69) is 15.9 Å². The van der Waals surface area contributed by atoms with E-state index in [0.29, 0.717) is 5.56 Å². The summed E-state index contributed by atoms with van der Waals surface area (Å²) >= 11 is 20.4. The first-order valence-corrected chi connectivity index (χ1v) is 6.29. The number of aliphatic hydroxyl groups is 2. The number of aliphatic hydroxyl groups excluding tert-OH is 2. The van der Waals surface area contributed by atoms with E-state index in [9.17, 15) is 10.2 Å². The molecule has 0 aliphatic rings. The molecule has 0 aliphatic heterocycles. The Morgan fingerprint density at radius 3 is 2.00 bits per heavy atom. The summed E-state index contributed by atoms with van der Waals surface area (Å²) in [4.78, 5) is 0. The molecule has 1 aromatic rings. The number of halogens is 4. The molecule has 0 heterocycles. The number of alkyl halides is 1. The maximum atomic E-state index is 9.69. The second kappa shape index (κ2) is 5.71. The first-order chi connectivity index (χ1) is 6.97. The summed E-state index contributed by atoms with van der Waals surface area (Å²) < 4.78 is 0. The molecule has 6 heteroatoms. The minimum atomic E-state index is -1.04. The van der Waals surface area contributed by atoms with Crippen LogP contribution in [0, 0.1) is 0 Å². The highest BCUT2D eigenvalue weighted by Crippen LogP contribution is 2.33. The molecule has 15 heavy (non-hydrogen) atoms. The third-order valence-electron chi connectivity index (χ3n) is 1.87. The topological polar surface area (TPSA) is 40.5 Å². The predicted octanol–water partition coefficient (Wildman–Crippen LogP) is 3.44. The van der Waals surface area contributed by atoms with Crippen LogP contribution in [0.4, 0.5) is 0 Å². The monoisotopic (exact) mass is 332 g/mol. The molecule has 0 aromatic heterocycles. The number of hydrogen-bond acceptors (Lipinski definition) is 2. The highest BCUT2D eigenvalue weighted by Gasteiger charge is 2.19. The maximum Gasteiger partial charge on any atom is 0.106 e. The summed E-state index contributed by atoms with van der Waals surface area (Å²) in [7, 11) is 0. The summed E-state index contributed by atoms with van der Waals surface area (Å²) in [5, 5.41) is 20.1. The average molecular weight is 334 g/mol. The van der Waals surface area contributed by atoms with E-state index in [1.54, 1.807) is 0 Å². The fourth-order valence-electron chi connectivity index (χ4n) is 1.05. The maximum absolute atomic E-state index is 9.69. The molecule has 0 bridgehead atoms. The second-order valence-corrected chi connectivity index (χ2v) is 4.80. The van der Waals surface area contributed by atoms with Crippen LogP contribution in [0.15, 0.2) is 12.1 Å². The molecular formula is C9H8BrCl3O2. The lowest BCUT2D eigenvalue weighted by Gasteiger charge is -2.16. The smallest absolute Gasteiger partial charge is 0.106 e. The summed E-state index contributed by atoms with van der Waals surface area (Å²) in [6.07, 6.45) is -1.96. The Morgan fingerprint density at radius 2 is 1.60 bits per heavy atom. The first kappa shape index (κ1) is 13.6. The molecule has 0 fully saturated rings. The van der Waals surface area contributed by atoms with Gasteiger partial charge in [0.25, 0.3) is 0 Å². The molecule has 2 atom stereocenters. The molecule has 0 radical (unpaired) electrons. The van der Waals surface area contributed by atoms with Crippen molar-refractivity contribution in [1.82, 2.24) is 0 Å². The van der Waals surface area contributed by atoms with Crippen molar-refractivity contribution in [3.05, 3.63) is 32.8 Å². The van der Waals surface area contributed by atoms with Crippen LogP contribution in [-0.2, 0) is 0 Å². The summed E-state index contributed by atoms with van der Waals surface area (Å²) in [5.41, 5.74) is 0.432. The van der Waals surface area contributed by atoms with Gasteiger partial charge >= 0.3 is 0 Å². The molecule has 0 saturated carbocycles. The van der Waals surface area contributed by atoms with Crippen molar-refractivity contribution in [2.45, 2.75) is 12.2 Å². The normalized spacial score (nSPS) is 15.1. The van der Waals surface area contributed by atoms with Crippen LogP contribution >= 0.6 is 50.7 Å². The molecule has 0 amide bonds. The Balaban J connectivity index is 3.06. The Hall–Kier alpha value is 0.490. The lowest BCUT2D eigenvalue weighted by Crippen LogP contribution is -2.19. The van der Waals surface area contributed by atoms with Crippen LogP contribution in [0.2, 0.25) is 15.1 Å². The van der Waals surface area contributed by atoms with Gasteiger partial charge in [-0.3, -0.25) is 0 Å². The molecule has 84 valence electrons. The Kier molecular flexibility index (Phi) is 5.16. The highest BCUT2D eigenvalue weighted by atomic mass is 79.9. The summed E-state index contributed by atoms with van der Waals surface area (Å²) in [6.45, 7) is 0. The van der Waals surface area contributed by atoms with Crippen molar-refractivity contribution in [2.75, 3.05) is 5.33 Å². The van der Waals surface area contributed by atoms with Crippen molar-refractivity contribution in [2.24, 2.45) is 0 Å². The molecule has 0 aliphatic carbocycles. The van der Waals surface area contributed by atoms with E-state index < -0.39 is 12.2 Å². The molecule has 2 unspecified atom stereocenters. The van der Waals surface area contributed by atoms with Crippen molar-refractivity contribution in [3.8, 4) is 0 Å². The van der Waals surface area contributed by atoms with E-state index >= 15 is 0 Å². The van der Waals surface area contributed by atoms with Gasteiger partial charge < -0.3 is 10.2 Å². The fraction of sp³-hybridized carbons (Fsp3) is 0.333. The molecule has 2 nitrogen and oxygen atoms in total. The molecule has 1 aromatic carbocycles. The summed E-state index contributed by atoms with van der Waals surface area (Å²) in [6, 6.07) is 2.96. The number of rotatable bonds is 3. The zero-order valence-corrected chi connectivity index (χ0v) is 11.3. The largest absolute Gasteiger partial charge is 0.389 e. The van der Waals surface area contributed by atoms with E-state index in [1.807, 2.05) is 0 Å². The van der Waals surface area contributed by atoms with Crippen LogP contribution in [0.5, 0.6) is 0 Å². The standard InChI is InChI=1S/C9H8BrCl3O2/c10-3-7(14)9(15)4-1-5(11)8(13)6(12)2-4/h1-2,7,9,14-15H,3H2. The molecular weight excluding hydrogens is 326 g/mol. The Bertz CT molecular complexity index is 336. The van der Waals surface area contributed by atoms with Crippen LogP contribution in [0.3, 0.4) is 0 Å². The lowest BCUT2D eigenvalue weighted by atomic mass is 10.1. The van der Waals surface area contributed by atoms with Gasteiger partial charge in [-0.05, 0) is 17.7 Å². The second-order valence-electron chi connectivity index (χ2n) is 2.97. The van der Waals surface area contributed by atoms with Crippen molar-refractivity contribution in [1.29, 1.82) is 0 Å². The van der Waals surface area contributed by atoms with Crippen LogP contribution in [-0.4, -0.2) is 21.6 Å². The lowest BCUT2D eigenvalue weighted by molar-refractivity contribution is 0.0343. The quantitative estimate of drug-likeness (QED) is 0.657. The van der Waals surface area contributed by atoms with E-state index in [0.717, 1.165) is 0 Å². The van der Waals surface area contributed by atoms with Crippen LogP contribution in [0.25, 0.3) is 0 Å². The Morgan fingerprint density at radius 1 is 1.13 bits per heavy atom. The van der Waals surface area contributed by atoms with Gasteiger partial charge in [-0.1, -0.05) is 50.7 Å². The van der Waals surface area contributed by atoms with Gasteiger partial charge in [0.05, 0.1) is 21.2 Å². The van der Waals surface area contributed by atoms with Crippen LogP contribution < -0.4 is 0 Å². The molecule has 1 rings (SSSR count).